The van der Waals surface area contributed by atoms with E-state index in [-0.39, 0.29) is 17.5 Å². The Hall–Kier alpha value is -3.68. The molecule has 0 aromatic heterocycles. The third-order valence-corrected chi connectivity index (χ3v) is 4.35. The molecular formula is C20H20N4O4. The molecule has 2 aromatic rings. The number of nitrogens with one attached hydrogen (secondary N) is 2. The minimum atomic E-state index is -0.481. The van der Waals surface area contributed by atoms with Gasteiger partial charge in [0.1, 0.15) is 0 Å². The third kappa shape index (κ3) is 4.94. The molecule has 2 N–H and O–H groups in total. The molecule has 8 heteroatoms. The molecule has 2 aromatic carbocycles. The predicted octanol–water partition coefficient (Wildman–Crippen LogP) is 1.86. The Labute approximate surface area is 162 Å². The van der Waals surface area contributed by atoms with Crippen LogP contribution in [0.2, 0.25) is 0 Å². The first kappa shape index (κ1) is 19.1. The van der Waals surface area contributed by atoms with Gasteiger partial charge >= 0.3 is 0 Å². The second-order valence-corrected chi connectivity index (χ2v) is 6.31. The lowest BCUT2D eigenvalue weighted by atomic mass is 10.1. The average molecular weight is 380 g/mol. The number of piperazine rings is 1. The largest absolute Gasteiger partial charge is 0.360 e. The Kier molecular flexibility index (Phi) is 6.01. The molecular weight excluding hydrogens is 360 g/mol. The fraction of sp³-hybridized carbons (Fsp3) is 0.200. The van der Waals surface area contributed by atoms with Crippen LogP contribution in [-0.2, 0) is 16.1 Å². The van der Waals surface area contributed by atoms with Crippen molar-refractivity contribution in [3.05, 3.63) is 75.8 Å². The number of carbonyl (C=O) groups excluding carboxylic acids is 2. The minimum absolute atomic E-state index is 0.00744. The number of rotatable bonds is 6. The van der Waals surface area contributed by atoms with Gasteiger partial charge in [-0.3, -0.25) is 19.7 Å². The van der Waals surface area contributed by atoms with Crippen LogP contribution >= 0.6 is 0 Å². The van der Waals surface area contributed by atoms with Gasteiger partial charge in [-0.2, -0.15) is 0 Å². The lowest BCUT2D eigenvalue weighted by Gasteiger charge is -2.28. The summed E-state index contributed by atoms with van der Waals surface area (Å²) in [6.45, 7) is 2.06. The molecule has 1 saturated heterocycles. The molecule has 8 nitrogen and oxygen atoms in total. The molecule has 3 rings (SSSR count). The molecule has 1 fully saturated rings. The van der Waals surface area contributed by atoms with Gasteiger partial charge in [0.2, 0.25) is 11.8 Å². The van der Waals surface area contributed by atoms with E-state index in [9.17, 15) is 19.7 Å². The zero-order valence-electron chi connectivity index (χ0n) is 15.1. The summed E-state index contributed by atoms with van der Waals surface area (Å²) in [4.78, 5) is 36.0. The Bertz CT molecular complexity index is 909. The van der Waals surface area contributed by atoms with Crippen molar-refractivity contribution in [2.24, 2.45) is 0 Å². The lowest BCUT2D eigenvalue weighted by molar-refractivity contribution is -0.385. The standard InChI is InChI=1S/C20H20N4O4/c25-19(10-7-16-3-1-2-4-18(16)24(27)28)22-13-15-5-8-17(9-6-15)23-12-11-21-20(26)14-23/h1-10H,11-14H2,(H,21,26)(H,22,25)/b10-7+. The van der Waals surface area contributed by atoms with Gasteiger partial charge in [-0.25, -0.2) is 0 Å². The number of anilines is 1. The van der Waals surface area contributed by atoms with Crippen molar-refractivity contribution in [1.29, 1.82) is 0 Å². The van der Waals surface area contributed by atoms with Crippen LogP contribution in [0.3, 0.4) is 0 Å². The molecule has 0 aliphatic carbocycles. The maximum atomic E-state index is 12.0. The Morgan fingerprint density at radius 1 is 1.21 bits per heavy atom. The minimum Gasteiger partial charge on any atom is -0.360 e. The Morgan fingerprint density at radius 2 is 1.96 bits per heavy atom. The maximum Gasteiger partial charge on any atom is 0.276 e. The molecule has 144 valence electrons. The Morgan fingerprint density at radius 3 is 2.68 bits per heavy atom. The molecule has 1 aliphatic rings. The number of nitrogens with zero attached hydrogens (tertiary/aromatic N) is 2. The van der Waals surface area contributed by atoms with Gasteiger partial charge in [0, 0.05) is 37.5 Å². The average Bonchev–Trinajstić information content (AvgIpc) is 2.71. The van der Waals surface area contributed by atoms with Gasteiger partial charge in [0.15, 0.2) is 0 Å². The van der Waals surface area contributed by atoms with Crippen molar-refractivity contribution in [2.45, 2.75) is 6.54 Å². The fourth-order valence-electron chi connectivity index (χ4n) is 2.89. The van der Waals surface area contributed by atoms with Crippen LogP contribution in [0.1, 0.15) is 11.1 Å². The van der Waals surface area contributed by atoms with E-state index >= 15 is 0 Å². The first-order valence-corrected chi connectivity index (χ1v) is 8.83. The highest BCUT2D eigenvalue weighted by Crippen LogP contribution is 2.19. The molecule has 0 unspecified atom stereocenters. The second kappa shape index (κ2) is 8.81. The summed E-state index contributed by atoms with van der Waals surface area (Å²) < 4.78 is 0. The van der Waals surface area contributed by atoms with Crippen molar-refractivity contribution >= 4 is 29.3 Å². The highest BCUT2D eigenvalue weighted by molar-refractivity contribution is 5.92. The number of amides is 2. The van der Waals surface area contributed by atoms with Crippen molar-refractivity contribution in [1.82, 2.24) is 10.6 Å². The van der Waals surface area contributed by atoms with Crippen molar-refractivity contribution in [3.8, 4) is 0 Å². The molecule has 0 atom stereocenters. The summed E-state index contributed by atoms with van der Waals surface area (Å²) in [6.07, 6.45) is 2.71. The highest BCUT2D eigenvalue weighted by Gasteiger charge is 2.16. The number of para-hydroxylation sites is 1. The van der Waals surface area contributed by atoms with Gasteiger partial charge in [-0.1, -0.05) is 24.3 Å². The number of nitro benzene ring substituents is 1. The van der Waals surface area contributed by atoms with Gasteiger partial charge < -0.3 is 15.5 Å². The van der Waals surface area contributed by atoms with E-state index in [2.05, 4.69) is 10.6 Å². The normalized spacial score (nSPS) is 14.0. The number of benzene rings is 2. The zero-order chi connectivity index (χ0) is 19.9. The number of hydrogen-bond acceptors (Lipinski definition) is 5. The fourth-order valence-corrected chi connectivity index (χ4v) is 2.89. The summed E-state index contributed by atoms with van der Waals surface area (Å²) in [5.74, 6) is -0.331. The molecule has 2 amide bonds. The van der Waals surface area contributed by atoms with E-state index in [0.29, 0.717) is 25.2 Å². The molecule has 0 spiro atoms. The van der Waals surface area contributed by atoms with Crippen LogP contribution < -0.4 is 15.5 Å². The molecule has 0 saturated carbocycles. The molecule has 0 bridgehead atoms. The topological polar surface area (TPSA) is 105 Å². The number of nitro groups is 1. The van der Waals surface area contributed by atoms with E-state index in [4.69, 9.17) is 0 Å². The van der Waals surface area contributed by atoms with Crippen LogP contribution in [0.25, 0.3) is 6.08 Å². The van der Waals surface area contributed by atoms with Gasteiger partial charge in [0.05, 0.1) is 17.0 Å². The quantitative estimate of drug-likeness (QED) is 0.452. The van der Waals surface area contributed by atoms with E-state index in [1.807, 2.05) is 29.2 Å². The summed E-state index contributed by atoms with van der Waals surface area (Å²) in [5.41, 5.74) is 2.20. The van der Waals surface area contributed by atoms with Crippen LogP contribution in [0, 0.1) is 10.1 Å². The molecule has 0 radical (unpaired) electrons. The van der Waals surface area contributed by atoms with Crippen LogP contribution in [-0.4, -0.2) is 36.4 Å². The monoisotopic (exact) mass is 380 g/mol. The van der Waals surface area contributed by atoms with Crippen LogP contribution in [0.5, 0.6) is 0 Å². The van der Waals surface area contributed by atoms with Gasteiger partial charge in [-0.05, 0) is 29.8 Å². The van der Waals surface area contributed by atoms with Crippen molar-refractivity contribution < 1.29 is 14.5 Å². The maximum absolute atomic E-state index is 12.0. The molecule has 1 aliphatic heterocycles. The second-order valence-electron chi connectivity index (χ2n) is 6.31. The lowest BCUT2D eigenvalue weighted by Crippen LogP contribution is -2.47. The van der Waals surface area contributed by atoms with Gasteiger partial charge in [0.25, 0.3) is 5.69 Å². The first-order valence-electron chi connectivity index (χ1n) is 8.83. The summed E-state index contributed by atoms with van der Waals surface area (Å²) in [7, 11) is 0. The van der Waals surface area contributed by atoms with Crippen LogP contribution in [0.15, 0.2) is 54.6 Å². The van der Waals surface area contributed by atoms with Crippen molar-refractivity contribution in [2.75, 3.05) is 24.5 Å². The number of hydrogen-bond donors (Lipinski definition) is 2. The summed E-state index contributed by atoms with van der Waals surface area (Å²) in [6, 6.07) is 13.9. The zero-order valence-corrected chi connectivity index (χ0v) is 15.1. The summed E-state index contributed by atoms with van der Waals surface area (Å²) >= 11 is 0. The smallest absolute Gasteiger partial charge is 0.276 e. The summed E-state index contributed by atoms with van der Waals surface area (Å²) in [5, 5.41) is 16.5. The van der Waals surface area contributed by atoms with Gasteiger partial charge in [-0.15, -0.1) is 0 Å². The number of carbonyl (C=O) groups is 2. The van der Waals surface area contributed by atoms with Crippen LogP contribution in [0.4, 0.5) is 11.4 Å². The van der Waals surface area contributed by atoms with Crippen molar-refractivity contribution in [3.63, 3.8) is 0 Å². The molecule has 28 heavy (non-hydrogen) atoms. The molecule has 1 heterocycles. The van der Waals surface area contributed by atoms with E-state index < -0.39 is 4.92 Å². The van der Waals surface area contributed by atoms with E-state index in [1.54, 1.807) is 18.2 Å². The third-order valence-electron chi connectivity index (χ3n) is 4.35. The van der Waals surface area contributed by atoms with E-state index in [0.717, 1.165) is 17.8 Å². The van der Waals surface area contributed by atoms with E-state index in [1.165, 1.54) is 18.2 Å². The Balaban J connectivity index is 1.55. The predicted molar refractivity (Wildman–Crippen MR) is 106 cm³/mol. The highest BCUT2D eigenvalue weighted by atomic mass is 16.6. The first-order chi connectivity index (χ1) is 13.5. The SMILES string of the molecule is O=C(/C=C/c1ccccc1[N+](=O)[O-])NCc1ccc(N2CCNC(=O)C2)cc1.